The molecule has 3 heteroatoms. The molecule has 0 saturated heterocycles. The SMILES string of the molecule is CNC(=O)c1ccccc1-n1ccc2cc(C)ccc21. The predicted molar refractivity (Wildman–Crippen MR) is 81.4 cm³/mol. The number of aromatic nitrogens is 1. The highest BCUT2D eigenvalue weighted by atomic mass is 16.1. The fourth-order valence-corrected chi connectivity index (χ4v) is 2.48. The summed E-state index contributed by atoms with van der Waals surface area (Å²) in [5, 5.41) is 3.87. The van der Waals surface area contributed by atoms with E-state index < -0.39 is 0 Å². The van der Waals surface area contributed by atoms with Crippen LogP contribution in [0.25, 0.3) is 16.6 Å². The van der Waals surface area contributed by atoms with Crippen LogP contribution in [0.2, 0.25) is 0 Å². The Morgan fingerprint density at radius 1 is 1.10 bits per heavy atom. The molecule has 1 heterocycles. The summed E-state index contributed by atoms with van der Waals surface area (Å²) in [4.78, 5) is 12.0. The maximum Gasteiger partial charge on any atom is 0.253 e. The summed E-state index contributed by atoms with van der Waals surface area (Å²) in [7, 11) is 1.65. The van der Waals surface area contributed by atoms with Crippen LogP contribution in [0.3, 0.4) is 0 Å². The zero-order valence-corrected chi connectivity index (χ0v) is 11.6. The van der Waals surface area contributed by atoms with Crippen molar-refractivity contribution < 1.29 is 4.79 Å². The number of rotatable bonds is 2. The third-order valence-corrected chi connectivity index (χ3v) is 3.48. The molecule has 100 valence electrons. The molecule has 20 heavy (non-hydrogen) atoms. The quantitative estimate of drug-likeness (QED) is 0.757. The van der Waals surface area contributed by atoms with Crippen molar-refractivity contribution in [3.63, 3.8) is 0 Å². The zero-order chi connectivity index (χ0) is 14.1. The molecule has 0 aliphatic heterocycles. The highest BCUT2D eigenvalue weighted by Gasteiger charge is 2.12. The zero-order valence-electron chi connectivity index (χ0n) is 11.6. The molecule has 0 aliphatic rings. The number of nitrogens with zero attached hydrogens (tertiary/aromatic N) is 1. The van der Waals surface area contributed by atoms with E-state index in [2.05, 4.69) is 41.1 Å². The van der Waals surface area contributed by atoms with Crippen molar-refractivity contribution in [2.45, 2.75) is 6.92 Å². The maximum absolute atomic E-state index is 12.0. The lowest BCUT2D eigenvalue weighted by Gasteiger charge is -2.11. The first-order valence-corrected chi connectivity index (χ1v) is 6.60. The van der Waals surface area contributed by atoms with Crippen molar-refractivity contribution in [3.05, 3.63) is 65.9 Å². The summed E-state index contributed by atoms with van der Waals surface area (Å²) < 4.78 is 2.05. The molecule has 0 aliphatic carbocycles. The number of carbonyl (C=O) groups excluding carboxylic acids is 1. The molecular weight excluding hydrogens is 248 g/mol. The minimum absolute atomic E-state index is 0.0745. The van der Waals surface area contributed by atoms with Crippen molar-refractivity contribution in [1.82, 2.24) is 9.88 Å². The lowest BCUT2D eigenvalue weighted by Crippen LogP contribution is -2.19. The minimum Gasteiger partial charge on any atom is -0.355 e. The van der Waals surface area contributed by atoms with E-state index in [4.69, 9.17) is 0 Å². The molecule has 1 amide bonds. The minimum atomic E-state index is -0.0745. The van der Waals surface area contributed by atoms with E-state index in [1.165, 1.54) is 10.9 Å². The highest BCUT2D eigenvalue weighted by molar-refractivity contribution is 5.98. The number of nitrogens with one attached hydrogen (secondary N) is 1. The van der Waals surface area contributed by atoms with Crippen molar-refractivity contribution in [3.8, 4) is 5.69 Å². The van der Waals surface area contributed by atoms with Gasteiger partial charge in [-0.2, -0.15) is 0 Å². The van der Waals surface area contributed by atoms with Crippen LogP contribution in [0.15, 0.2) is 54.7 Å². The average molecular weight is 264 g/mol. The smallest absolute Gasteiger partial charge is 0.253 e. The largest absolute Gasteiger partial charge is 0.355 e. The second-order valence-corrected chi connectivity index (χ2v) is 4.84. The van der Waals surface area contributed by atoms with Crippen LogP contribution in [0, 0.1) is 6.92 Å². The first kappa shape index (κ1) is 12.5. The molecule has 1 N–H and O–H groups in total. The Hall–Kier alpha value is -2.55. The molecular formula is C17H16N2O. The molecule has 1 aromatic heterocycles. The van der Waals surface area contributed by atoms with Gasteiger partial charge in [0.15, 0.2) is 0 Å². The lowest BCUT2D eigenvalue weighted by atomic mass is 10.1. The number of carbonyl (C=O) groups is 1. The second kappa shape index (κ2) is 4.85. The number of para-hydroxylation sites is 1. The van der Waals surface area contributed by atoms with E-state index in [-0.39, 0.29) is 5.91 Å². The Morgan fingerprint density at radius 2 is 1.90 bits per heavy atom. The molecule has 3 nitrogen and oxygen atoms in total. The van der Waals surface area contributed by atoms with Crippen molar-refractivity contribution in [2.24, 2.45) is 0 Å². The normalized spacial score (nSPS) is 10.7. The monoisotopic (exact) mass is 264 g/mol. The van der Waals surface area contributed by atoms with Gasteiger partial charge in [0.1, 0.15) is 0 Å². The molecule has 0 fully saturated rings. The van der Waals surface area contributed by atoms with Gasteiger partial charge in [-0.15, -0.1) is 0 Å². The molecule has 0 radical (unpaired) electrons. The predicted octanol–water partition coefficient (Wildman–Crippen LogP) is 3.30. The molecule has 3 rings (SSSR count). The Bertz CT molecular complexity index is 787. The van der Waals surface area contributed by atoms with Gasteiger partial charge in [-0.05, 0) is 37.3 Å². The van der Waals surface area contributed by atoms with Crippen LogP contribution < -0.4 is 5.32 Å². The fraction of sp³-hybridized carbons (Fsp3) is 0.118. The summed E-state index contributed by atoms with van der Waals surface area (Å²) in [6.45, 7) is 2.08. The Labute approximate surface area is 117 Å². The number of hydrogen-bond acceptors (Lipinski definition) is 1. The van der Waals surface area contributed by atoms with Crippen molar-refractivity contribution in [2.75, 3.05) is 7.05 Å². The van der Waals surface area contributed by atoms with E-state index in [0.717, 1.165) is 11.2 Å². The van der Waals surface area contributed by atoms with E-state index in [1.807, 2.05) is 30.5 Å². The van der Waals surface area contributed by atoms with Crippen molar-refractivity contribution >= 4 is 16.8 Å². The number of hydrogen-bond donors (Lipinski definition) is 1. The van der Waals surface area contributed by atoms with Crippen LogP contribution in [0.4, 0.5) is 0 Å². The average Bonchev–Trinajstić information content (AvgIpc) is 2.89. The van der Waals surface area contributed by atoms with Crippen LogP contribution >= 0.6 is 0 Å². The number of aryl methyl sites for hydroxylation is 1. The Morgan fingerprint density at radius 3 is 2.70 bits per heavy atom. The Balaban J connectivity index is 2.24. The van der Waals surface area contributed by atoms with E-state index in [0.29, 0.717) is 5.56 Å². The third kappa shape index (κ3) is 1.97. The summed E-state index contributed by atoms with van der Waals surface area (Å²) >= 11 is 0. The standard InChI is InChI=1S/C17H16N2O/c1-12-7-8-15-13(11-12)9-10-19(15)16-6-4-3-5-14(16)17(20)18-2/h3-11H,1-2H3,(H,18,20). The fourth-order valence-electron chi connectivity index (χ4n) is 2.48. The summed E-state index contributed by atoms with van der Waals surface area (Å²) in [5.74, 6) is -0.0745. The van der Waals surface area contributed by atoms with Crippen molar-refractivity contribution in [1.29, 1.82) is 0 Å². The molecule has 3 aromatic rings. The lowest BCUT2D eigenvalue weighted by molar-refractivity contribution is 0.0963. The summed E-state index contributed by atoms with van der Waals surface area (Å²) in [6.07, 6.45) is 2.01. The molecule has 0 bridgehead atoms. The Kier molecular flexibility index (Phi) is 3.03. The third-order valence-electron chi connectivity index (χ3n) is 3.48. The first-order valence-electron chi connectivity index (χ1n) is 6.60. The van der Waals surface area contributed by atoms with Crippen LogP contribution in [0.5, 0.6) is 0 Å². The van der Waals surface area contributed by atoms with Gasteiger partial charge in [-0.25, -0.2) is 0 Å². The van der Waals surface area contributed by atoms with Gasteiger partial charge in [-0.1, -0.05) is 23.8 Å². The van der Waals surface area contributed by atoms with Gasteiger partial charge in [0.05, 0.1) is 16.8 Å². The molecule has 0 saturated carbocycles. The van der Waals surface area contributed by atoms with Gasteiger partial charge in [0.25, 0.3) is 5.91 Å². The molecule has 0 unspecified atom stereocenters. The molecule has 0 atom stereocenters. The van der Waals surface area contributed by atoms with E-state index in [1.54, 1.807) is 7.05 Å². The summed E-state index contributed by atoms with van der Waals surface area (Å²) in [5.41, 5.74) is 3.90. The maximum atomic E-state index is 12.0. The summed E-state index contributed by atoms with van der Waals surface area (Å²) in [6, 6.07) is 16.0. The van der Waals surface area contributed by atoms with E-state index in [9.17, 15) is 4.79 Å². The highest BCUT2D eigenvalue weighted by Crippen LogP contribution is 2.23. The van der Waals surface area contributed by atoms with Gasteiger partial charge in [0, 0.05) is 18.6 Å². The number of amides is 1. The van der Waals surface area contributed by atoms with Crippen LogP contribution in [0.1, 0.15) is 15.9 Å². The van der Waals surface area contributed by atoms with Gasteiger partial charge < -0.3 is 9.88 Å². The number of fused-ring (bicyclic) bond motifs is 1. The number of benzene rings is 2. The van der Waals surface area contributed by atoms with Gasteiger partial charge >= 0.3 is 0 Å². The topological polar surface area (TPSA) is 34.0 Å². The first-order chi connectivity index (χ1) is 9.70. The molecule has 2 aromatic carbocycles. The van der Waals surface area contributed by atoms with Gasteiger partial charge in [0.2, 0.25) is 0 Å². The second-order valence-electron chi connectivity index (χ2n) is 4.84. The molecule has 0 spiro atoms. The van der Waals surface area contributed by atoms with E-state index >= 15 is 0 Å². The van der Waals surface area contributed by atoms with Crippen LogP contribution in [-0.2, 0) is 0 Å². The van der Waals surface area contributed by atoms with Gasteiger partial charge in [-0.3, -0.25) is 4.79 Å². The van der Waals surface area contributed by atoms with Crippen LogP contribution in [-0.4, -0.2) is 17.5 Å².